The molecule has 20 heavy (non-hydrogen) atoms. The molecule has 0 fully saturated rings. The Balaban J connectivity index is 3.12. The first-order chi connectivity index (χ1) is 9.81. The van der Waals surface area contributed by atoms with E-state index < -0.39 is 0 Å². The molecule has 0 unspecified atom stereocenters. The predicted octanol–water partition coefficient (Wildman–Crippen LogP) is 4.28. The second-order valence-electron chi connectivity index (χ2n) is 5.49. The minimum atomic E-state index is 0.102. The molecule has 0 aromatic heterocycles. The Kier molecular flexibility index (Phi) is 15.6. The summed E-state index contributed by atoms with van der Waals surface area (Å²) < 4.78 is 0. The van der Waals surface area contributed by atoms with Crippen LogP contribution in [-0.4, -0.2) is 12.5 Å². The Hall–Kier alpha value is -0.830. The zero-order valence-corrected chi connectivity index (χ0v) is 13.3. The summed E-state index contributed by atoms with van der Waals surface area (Å²) in [6, 6.07) is 0. The molecule has 0 spiro atoms. The van der Waals surface area contributed by atoms with E-state index in [2.05, 4.69) is 12.2 Å². The molecule has 0 bridgehead atoms. The molecule has 0 aliphatic carbocycles. The minimum Gasteiger partial charge on any atom is -0.333 e. The van der Waals surface area contributed by atoms with Crippen molar-refractivity contribution in [3.8, 4) is 0 Å². The monoisotopic (exact) mass is 282 g/mol. The quantitative estimate of drug-likeness (QED) is 0.467. The van der Waals surface area contributed by atoms with Gasteiger partial charge < -0.3 is 11.1 Å². The average Bonchev–Trinajstić information content (AvgIpc) is 2.45. The Labute approximate surface area is 125 Å². The van der Waals surface area contributed by atoms with Crippen molar-refractivity contribution < 1.29 is 4.79 Å². The molecule has 3 N–H and O–H groups in total. The van der Waals surface area contributed by atoms with Crippen LogP contribution < -0.4 is 11.1 Å². The molecular formula is C17H34N2O. The fourth-order valence-corrected chi connectivity index (χ4v) is 2.24. The maximum atomic E-state index is 11.4. The standard InChI is InChI=1S/C17H34N2O/c1-2-3-4-5-6-7-8-9-10-11-12-14-17(20)19-16-13-15-18/h13,16H,2-12,14-15,18H2,1H3,(H,19,20). The van der Waals surface area contributed by atoms with Crippen molar-refractivity contribution in [3.05, 3.63) is 12.3 Å². The molecule has 0 atom stereocenters. The third kappa shape index (κ3) is 15.2. The van der Waals surface area contributed by atoms with Crippen molar-refractivity contribution in [2.24, 2.45) is 5.73 Å². The van der Waals surface area contributed by atoms with Crippen LogP contribution in [0.25, 0.3) is 0 Å². The summed E-state index contributed by atoms with van der Waals surface area (Å²) in [6.45, 7) is 2.73. The average molecular weight is 282 g/mol. The lowest BCUT2D eigenvalue weighted by atomic mass is 10.1. The Bertz CT molecular complexity index is 239. The number of rotatable bonds is 14. The highest BCUT2D eigenvalue weighted by Gasteiger charge is 1.98. The molecule has 0 radical (unpaired) electrons. The Morgan fingerprint density at radius 2 is 1.40 bits per heavy atom. The van der Waals surface area contributed by atoms with Crippen molar-refractivity contribution in [1.82, 2.24) is 5.32 Å². The highest BCUT2D eigenvalue weighted by atomic mass is 16.1. The predicted molar refractivity (Wildman–Crippen MR) is 87.4 cm³/mol. The minimum absolute atomic E-state index is 0.102. The number of carbonyl (C=O) groups excluding carboxylic acids is 1. The number of nitrogens with one attached hydrogen (secondary N) is 1. The highest BCUT2D eigenvalue weighted by molar-refractivity contribution is 5.76. The zero-order chi connectivity index (χ0) is 14.9. The maximum absolute atomic E-state index is 11.4. The van der Waals surface area contributed by atoms with Gasteiger partial charge in [0.05, 0.1) is 0 Å². The van der Waals surface area contributed by atoms with Crippen LogP contribution in [0.15, 0.2) is 12.3 Å². The summed E-state index contributed by atoms with van der Waals surface area (Å²) in [6.07, 6.45) is 18.4. The second kappa shape index (κ2) is 16.2. The van der Waals surface area contributed by atoms with Gasteiger partial charge in [-0.15, -0.1) is 0 Å². The van der Waals surface area contributed by atoms with Crippen LogP contribution in [0.3, 0.4) is 0 Å². The van der Waals surface area contributed by atoms with E-state index in [1.54, 1.807) is 12.3 Å². The van der Waals surface area contributed by atoms with Crippen LogP contribution in [0.5, 0.6) is 0 Å². The molecular weight excluding hydrogens is 248 g/mol. The molecule has 0 aromatic rings. The van der Waals surface area contributed by atoms with E-state index in [4.69, 9.17) is 5.73 Å². The number of hydrogen-bond acceptors (Lipinski definition) is 2. The van der Waals surface area contributed by atoms with E-state index in [-0.39, 0.29) is 5.91 Å². The molecule has 0 aliphatic rings. The van der Waals surface area contributed by atoms with Gasteiger partial charge in [0, 0.05) is 19.2 Å². The van der Waals surface area contributed by atoms with Gasteiger partial charge in [0.2, 0.25) is 5.91 Å². The molecule has 3 nitrogen and oxygen atoms in total. The third-order valence-electron chi connectivity index (χ3n) is 3.51. The number of nitrogens with two attached hydrogens (primary N) is 1. The lowest BCUT2D eigenvalue weighted by molar-refractivity contribution is -0.120. The largest absolute Gasteiger partial charge is 0.333 e. The summed E-state index contributed by atoms with van der Waals surface area (Å²) in [5.41, 5.74) is 5.29. The van der Waals surface area contributed by atoms with Gasteiger partial charge >= 0.3 is 0 Å². The molecule has 3 heteroatoms. The molecule has 0 aliphatic heterocycles. The smallest absolute Gasteiger partial charge is 0.223 e. The molecule has 1 amide bonds. The number of unbranched alkanes of at least 4 members (excludes halogenated alkanes) is 10. The van der Waals surface area contributed by atoms with Crippen LogP contribution in [0.4, 0.5) is 0 Å². The van der Waals surface area contributed by atoms with Crippen LogP contribution in [0.2, 0.25) is 0 Å². The van der Waals surface area contributed by atoms with Crippen LogP contribution in [0, 0.1) is 0 Å². The van der Waals surface area contributed by atoms with Gasteiger partial charge in [-0.2, -0.15) is 0 Å². The van der Waals surface area contributed by atoms with Crippen LogP contribution in [-0.2, 0) is 4.79 Å². The Morgan fingerprint density at radius 3 is 1.90 bits per heavy atom. The number of carbonyl (C=O) groups is 1. The molecule has 0 saturated carbocycles. The third-order valence-corrected chi connectivity index (χ3v) is 3.51. The Morgan fingerprint density at radius 1 is 0.900 bits per heavy atom. The van der Waals surface area contributed by atoms with Gasteiger partial charge in [-0.3, -0.25) is 4.79 Å². The number of amides is 1. The summed E-state index contributed by atoms with van der Waals surface area (Å²) in [7, 11) is 0. The van der Waals surface area contributed by atoms with Crippen LogP contribution >= 0.6 is 0 Å². The molecule has 118 valence electrons. The van der Waals surface area contributed by atoms with Crippen LogP contribution in [0.1, 0.15) is 84.0 Å². The van der Waals surface area contributed by atoms with Crippen molar-refractivity contribution in [2.45, 2.75) is 84.0 Å². The van der Waals surface area contributed by atoms with E-state index in [9.17, 15) is 4.79 Å². The van der Waals surface area contributed by atoms with Crippen molar-refractivity contribution in [1.29, 1.82) is 0 Å². The first-order valence-corrected chi connectivity index (χ1v) is 8.45. The van der Waals surface area contributed by atoms with E-state index in [1.165, 1.54) is 64.2 Å². The normalized spacial score (nSPS) is 11.1. The van der Waals surface area contributed by atoms with Crippen molar-refractivity contribution in [2.75, 3.05) is 6.54 Å². The van der Waals surface area contributed by atoms with E-state index in [1.807, 2.05) is 0 Å². The van der Waals surface area contributed by atoms with Gasteiger partial charge in [-0.25, -0.2) is 0 Å². The SMILES string of the molecule is CCCCCCCCCCCCCC(=O)NC=CCN. The summed E-state index contributed by atoms with van der Waals surface area (Å²) in [4.78, 5) is 11.4. The molecule has 0 rings (SSSR count). The fraction of sp³-hybridized carbons (Fsp3) is 0.824. The van der Waals surface area contributed by atoms with Crippen molar-refractivity contribution >= 4 is 5.91 Å². The second-order valence-corrected chi connectivity index (χ2v) is 5.49. The first-order valence-electron chi connectivity index (χ1n) is 8.45. The molecule has 0 aromatic carbocycles. The topological polar surface area (TPSA) is 55.1 Å². The fourth-order valence-electron chi connectivity index (χ4n) is 2.24. The van der Waals surface area contributed by atoms with Gasteiger partial charge in [0.25, 0.3) is 0 Å². The lowest BCUT2D eigenvalue weighted by Crippen LogP contribution is -2.16. The summed E-state index contributed by atoms with van der Waals surface area (Å²) in [5.74, 6) is 0.102. The number of hydrogen-bond donors (Lipinski definition) is 2. The first kappa shape index (κ1) is 19.2. The van der Waals surface area contributed by atoms with Crippen molar-refractivity contribution in [3.63, 3.8) is 0 Å². The van der Waals surface area contributed by atoms with E-state index >= 15 is 0 Å². The lowest BCUT2D eigenvalue weighted by Gasteiger charge is -2.02. The summed E-state index contributed by atoms with van der Waals surface area (Å²) in [5, 5.41) is 2.72. The maximum Gasteiger partial charge on any atom is 0.223 e. The van der Waals surface area contributed by atoms with Gasteiger partial charge in [-0.05, 0) is 6.42 Å². The summed E-state index contributed by atoms with van der Waals surface area (Å²) >= 11 is 0. The highest BCUT2D eigenvalue weighted by Crippen LogP contribution is 2.11. The zero-order valence-electron chi connectivity index (χ0n) is 13.3. The molecule has 0 heterocycles. The van der Waals surface area contributed by atoms with E-state index in [0.717, 1.165) is 6.42 Å². The van der Waals surface area contributed by atoms with E-state index in [0.29, 0.717) is 13.0 Å². The van der Waals surface area contributed by atoms with Gasteiger partial charge in [-0.1, -0.05) is 77.2 Å². The molecule has 0 saturated heterocycles. The van der Waals surface area contributed by atoms with Gasteiger partial charge in [0.1, 0.15) is 0 Å². The van der Waals surface area contributed by atoms with Gasteiger partial charge in [0.15, 0.2) is 0 Å².